The van der Waals surface area contributed by atoms with Crippen molar-refractivity contribution in [2.24, 2.45) is 5.73 Å². The number of rotatable bonds is 7. The molecule has 0 radical (unpaired) electrons. The molecule has 0 saturated carbocycles. The lowest BCUT2D eigenvalue weighted by molar-refractivity contribution is -0.136. The minimum absolute atomic E-state index is 0. The van der Waals surface area contributed by atoms with Crippen molar-refractivity contribution in [1.82, 2.24) is 4.90 Å². The molecule has 0 spiro atoms. The van der Waals surface area contributed by atoms with Crippen molar-refractivity contribution in [2.75, 3.05) is 32.8 Å². The number of ether oxygens (including phenoxy) is 2. The summed E-state index contributed by atoms with van der Waals surface area (Å²) in [6, 6.07) is 4.93. The summed E-state index contributed by atoms with van der Waals surface area (Å²) in [7, 11) is 0. The Morgan fingerprint density at radius 3 is 2.67 bits per heavy atom. The molecule has 1 amide bonds. The maximum Gasteiger partial charge on any atom is 0.260 e. The summed E-state index contributed by atoms with van der Waals surface area (Å²) < 4.78 is 11.2. The molecule has 0 unspecified atom stereocenters. The maximum atomic E-state index is 12.2. The Labute approximate surface area is 158 Å². The number of carbonyl (C=O) groups is 1. The second-order valence-electron chi connectivity index (χ2n) is 5.46. The number of nitrogens with two attached hydrogens (primary N) is 1. The van der Waals surface area contributed by atoms with Crippen LogP contribution in [-0.2, 0) is 9.53 Å². The van der Waals surface area contributed by atoms with Crippen LogP contribution in [0.3, 0.4) is 0 Å². The average Bonchev–Trinajstić information content (AvgIpc) is 2.56. The monoisotopic (exact) mass is 396 g/mol. The van der Waals surface area contributed by atoms with E-state index in [1.54, 1.807) is 23.1 Å². The van der Waals surface area contributed by atoms with E-state index in [9.17, 15) is 4.79 Å². The minimum Gasteiger partial charge on any atom is -0.482 e. The first-order valence-corrected chi connectivity index (χ1v) is 8.53. The molecule has 5 nitrogen and oxygen atoms in total. The van der Waals surface area contributed by atoms with Gasteiger partial charge in [0.25, 0.3) is 5.91 Å². The van der Waals surface area contributed by atoms with Gasteiger partial charge in [0.1, 0.15) is 5.75 Å². The molecule has 8 heteroatoms. The van der Waals surface area contributed by atoms with Crippen LogP contribution < -0.4 is 10.5 Å². The second kappa shape index (κ2) is 11.0. The molecule has 1 heterocycles. The quantitative estimate of drug-likeness (QED) is 0.718. The van der Waals surface area contributed by atoms with E-state index in [0.717, 1.165) is 19.3 Å². The molecular weight excluding hydrogens is 375 g/mol. The molecule has 0 atom stereocenters. The first-order valence-electron chi connectivity index (χ1n) is 7.77. The molecule has 0 aliphatic carbocycles. The molecule has 136 valence electrons. The van der Waals surface area contributed by atoms with Crippen molar-refractivity contribution < 1.29 is 14.3 Å². The first kappa shape index (κ1) is 21.3. The van der Waals surface area contributed by atoms with Crippen LogP contribution in [0.1, 0.15) is 19.3 Å². The Morgan fingerprint density at radius 1 is 1.29 bits per heavy atom. The van der Waals surface area contributed by atoms with E-state index < -0.39 is 0 Å². The van der Waals surface area contributed by atoms with Gasteiger partial charge in [-0.2, -0.15) is 0 Å². The SMILES string of the molecule is Cl.NCCCOC1CCN(C(=O)COc2cc(Cl)ccc2Cl)CC1. The summed E-state index contributed by atoms with van der Waals surface area (Å²) in [6.45, 7) is 2.64. The van der Waals surface area contributed by atoms with E-state index in [-0.39, 0.29) is 31.0 Å². The standard InChI is InChI=1S/C16H22Cl2N2O3.ClH/c17-12-2-3-14(18)15(10-12)23-11-16(21)20-7-4-13(5-8-20)22-9-1-6-19;/h2-3,10,13H,1,4-9,11,19H2;1H. The molecule has 0 aromatic heterocycles. The van der Waals surface area contributed by atoms with Crippen molar-refractivity contribution in [3.8, 4) is 5.75 Å². The molecule has 2 rings (SSSR count). The fourth-order valence-electron chi connectivity index (χ4n) is 2.42. The van der Waals surface area contributed by atoms with Crippen LogP contribution in [0, 0.1) is 0 Å². The van der Waals surface area contributed by atoms with Crippen LogP contribution in [0.4, 0.5) is 0 Å². The number of benzene rings is 1. The van der Waals surface area contributed by atoms with E-state index in [0.29, 0.717) is 42.0 Å². The molecule has 1 aliphatic rings. The smallest absolute Gasteiger partial charge is 0.260 e. The van der Waals surface area contributed by atoms with Gasteiger partial charge >= 0.3 is 0 Å². The molecule has 1 aliphatic heterocycles. The van der Waals surface area contributed by atoms with E-state index >= 15 is 0 Å². The molecule has 0 bridgehead atoms. The van der Waals surface area contributed by atoms with Gasteiger partial charge in [0.15, 0.2) is 6.61 Å². The third-order valence-electron chi connectivity index (χ3n) is 3.74. The highest BCUT2D eigenvalue weighted by molar-refractivity contribution is 6.34. The fourth-order valence-corrected chi connectivity index (χ4v) is 2.76. The predicted octanol–water partition coefficient (Wildman–Crippen LogP) is 3.15. The third kappa shape index (κ3) is 6.65. The summed E-state index contributed by atoms with van der Waals surface area (Å²) in [5.41, 5.74) is 5.44. The molecular formula is C16H23Cl3N2O3. The zero-order valence-electron chi connectivity index (χ0n) is 13.4. The molecule has 1 aromatic rings. The molecule has 24 heavy (non-hydrogen) atoms. The number of amides is 1. The lowest BCUT2D eigenvalue weighted by Crippen LogP contribution is -2.43. The van der Waals surface area contributed by atoms with Gasteiger partial charge in [-0.15, -0.1) is 12.4 Å². The van der Waals surface area contributed by atoms with Crippen molar-refractivity contribution >= 4 is 41.5 Å². The molecule has 1 aromatic carbocycles. The normalized spacial score (nSPS) is 15.0. The zero-order chi connectivity index (χ0) is 16.7. The highest BCUT2D eigenvalue weighted by atomic mass is 35.5. The summed E-state index contributed by atoms with van der Waals surface area (Å²) in [5.74, 6) is 0.369. The number of hydrogen-bond acceptors (Lipinski definition) is 4. The van der Waals surface area contributed by atoms with Crippen LogP contribution in [0.15, 0.2) is 18.2 Å². The summed E-state index contributed by atoms with van der Waals surface area (Å²) in [6.07, 6.45) is 2.77. The number of piperidine rings is 1. The number of carbonyl (C=O) groups excluding carboxylic acids is 1. The van der Waals surface area contributed by atoms with Crippen LogP contribution in [-0.4, -0.2) is 49.8 Å². The first-order chi connectivity index (χ1) is 11.1. The van der Waals surface area contributed by atoms with Gasteiger partial charge in [-0.25, -0.2) is 0 Å². The fraction of sp³-hybridized carbons (Fsp3) is 0.562. The van der Waals surface area contributed by atoms with E-state index in [1.165, 1.54) is 0 Å². The van der Waals surface area contributed by atoms with Crippen LogP contribution in [0.2, 0.25) is 10.0 Å². The zero-order valence-corrected chi connectivity index (χ0v) is 15.7. The van der Waals surface area contributed by atoms with E-state index in [1.807, 2.05) is 0 Å². The van der Waals surface area contributed by atoms with Crippen LogP contribution in [0.25, 0.3) is 0 Å². The van der Waals surface area contributed by atoms with Gasteiger partial charge in [0.2, 0.25) is 0 Å². The second-order valence-corrected chi connectivity index (χ2v) is 6.30. The number of likely N-dealkylation sites (tertiary alicyclic amines) is 1. The topological polar surface area (TPSA) is 64.8 Å². The highest BCUT2D eigenvalue weighted by Gasteiger charge is 2.23. The van der Waals surface area contributed by atoms with Crippen molar-refractivity contribution in [3.63, 3.8) is 0 Å². The van der Waals surface area contributed by atoms with Gasteiger partial charge < -0.3 is 20.1 Å². The van der Waals surface area contributed by atoms with Gasteiger partial charge in [0, 0.05) is 30.8 Å². The lowest BCUT2D eigenvalue weighted by atomic mass is 10.1. The van der Waals surface area contributed by atoms with E-state index in [2.05, 4.69) is 0 Å². The van der Waals surface area contributed by atoms with Gasteiger partial charge in [0.05, 0.1) is 11.1 Å². The molecule has 2 N–H and O–H groups in total. The summed E-state index contributed by atoms with van der Waals surface area (Å²) in [5, 5.41) is 0.960. The number of nitrogens with zero attached hydrogens (tertiary/aromatic N) is 1. The van der Waals surface area contributed by atoms with Crippen molar-refractivity contribution in [2.45, 2.75) is 25.4 Å². The number of hydrogen-bond donors (Lipinski definition) is 1. The van der Waals surface area contributed by atoms with E-state index in [4.69, 9.17) is 38.4 Å². The van der Waals surface area contributed by atoms with Crippen LogP contribution in [0.5, 0.6) is 5.75 Å². The van der Waals surface area contributed by atoms with Gasteiger partial charge in [-0.3, -0.25) is 4.79 Å². The third-order valence-corrected chi connectivity index (χ3v) is 4.29. The number of halogens is 3. The lowest BCUT2D eigenvalue weighted by Gasteiger charge is -2.32. The van der Waals surface area contributed by atoms with Crippen molar-refractivity contribution in [3.05, 3.63) is 28.2 Å². The highest BCUT2D eigenvalue weighted by Crippen LogP contribution is 2.27. The average molecular weight is 398 g/mol. The summed E-state index contributed by atoms with van der Waals surface area (Å²) in [4.78, 5) is 14.0. The molecule has 1 saturated heterocycles. The van der Waals surface area contributed by atoms with Gasteiger partial charge in [-0.05, 0) is 37.9 Å². The van der Waals surface area contributed by atoms with Crippen molar-refractivity contribution in [1.29, 1.82) is 0 Å². The van der Waals surface area contributed by atoms with Gasteiger partial charge in [-0.1, -0.05) is 23.2 Å². The Morgan fingerprint density at radius 2 is 2.00 bits per heavy atom. The summed E-state index contributed by atoms with van der Waals surface area (Å²) >= 11 is 11.9. The largest absolute Gasteiger partial charge is 0.482 e. The predicted molar refractivity (Wildman–Crippen MR) is 98.4 cm³/mol. The maximum absolute atomic E-state index is 12.2. The Bertz CT molecular complexity index is 523. The Hall–Kier alpha value is -0.720. The Balaban J connectivity index is 0.00000288. The van der Waals surface area contributed by atoms with Crippen LogP contribution >= 0.6 is 35.6 Å². The molecule has 1 fully saturated rings. The minimum atomic E-state index is -0.0542. The Kier molecular flexibility index (Phi) is 9.78.